The standard InChI is InChI=1S/C28H37N3O7S/c1-4-24(28(33)29-21-7-5-6-8-21)30(18-20-9-12-23(36-2)13-10-20)27(32)19-31(39(3,34)35)22-11-14-25-26(17-22)38-16-15-37-25/h9-14,17,21,24H,4-8,15-16,18-19H2,1-3H3,(H,29,33)/t24-/m0/s1. The number of rotatable bonds is 11. The molecule has 2 aliphatic rings. The van der Waals surface area contributed by atoms with E-state index in [4.69, 9.17) is 14.2 Å². The highest BCUT2D eigenvalue weighted by atomic mass is 32.2. The van der Waals surface area contributed by atoms with Crippen LogP contribution in [0.15, 0.2) is 42.5 Å². The van der Waals surface area contributed by atoms with Crippen LogP contribution in [0.5, 0.6) is 17.2 Å². The molecule has 0 saturated heterocycles. The van der Waals surface area contributed by atoms with Gasteiger partial charge in [0.25, 0.3) is 0 Å². The summed E-state index contributed by atoms with van der Waals surface area (Å²) >= 11 is 0. The Morgan fingerprint density at radius 2 is 1.72 bits per heavy atom. The Morgan fingerprint density at radius 1 is 1.05 bits per heavy atom. The maximum Gasteiger partial charge on any atom is 0.244 e. The number of methoxy groups -OCH3 is 1. The Kier molecular flexibility index (Phi) is 9.21. The first kappa shape index (κ1) is 28.5. The summed E-state index contributed by atoms with van der Waals surface area (Å²) in [6, 6.07) is 11.3. The van der Waals surface area contributed by atoms with Crippen LogP contribution in [-0.4, -0.2) is 70.3 Å². The third-order valence-electron chi connectivity index (χ3n) is 7.09. The minimum absolute atomic E-state index is 0.0923. The summed E-state index contributed by atoms with van der Waals surface area (Å²) in [5.74, 6) is 0.887. The number of carbonyl (C=O) groups excluding carboxylic acids is 2. The summed E-state index contributed by atoms with van der Waals surface area (Å²) < 4.78 is 43.2. The van der Waals surface area contributed by atoms with Crippen molar-refractivity contribution in [1.29, 1.82) is 0 Å². The Hall–Kier alpha value is -3.47. The van der Waals surface area contributed by atoms with Gasteiger partial charge >= 0.3 is 0 Å². The van der Waals surface area contributed by atoms with Gasteiger partial charge in [-0.3, -0.25) is 13.9 Å². The molecule has 212 valence electrons. The van der Waals surface area contributed by atoms with Crippen molar-refractivity contribution in [1.82, 2.24) is 10.2 Å². The predicted molar refractivity (Wildman–Crippen MR) is 148 cm³/mol. The largest absolute Gasteiger partial charge is 0.497 e. The molecular weight excluding hydrogens is 522 g/mol. The number of ether oxygens (including phenoxy) is 3. The van der Waals surface area contributed by atoms with Crippen LogP contribution in [0.1, 0.15) is 44.6 Å². The van der Waals surface area contributed by atoms with E-state index in [1.165, 1.54) is 4.90 Å². The number of anilines is 1. The van der Waals surface area contributed by atoms with E-state index in [2.05, 4.69) is 5.32 Å². The van der Waals surface area contributed by atoms with E-state index in [1.807, 2.05) is 19.1 Å². The zero-order chi connectivity index (χ0) is 28.0. The number of fused-ring (bicyclic) bond motifs is 1. The number of amides is 2. The average Bonchev–Trinajstić information content (AvgIpc) is 3.44. The third-order valence-corrected chi connectivity index (χ3v) is 8.23. The molecule has 0 unspecified atom stereocenters. The van der Waals surface area contributed by atoms with Gasteiger partial charge in [-0.15, -0.1) is 0 Å². The van der Waals surface area contributed by atoms with Crippen molar-refractivity contribution in [3.63, 3.8) is 0 Å². The van der Waals surface area contributed by atoms with Crippen molar-refractivity contribution < 1.29 is 32.2 Å². The molecule has 4 rings (SSSR count). The SMILES string of the molecule is CC[C@@H](C(=O)NC1CCCC1)N(Cc1ccc(OC)cc1)C(=O)CN(c1ccc2c(c1)OCCO2)S(C)(=O)=O. The van der Waals surface area contributed by atoms with Crippen LogP contribution < -0.4 is 23.8 Å². The van der Waals surface area contributed by atoms with Gasteiger partial charge in [0.2, 0.25) is 21.8 Å². The first-order valence-electron chi connectivity index (χ1n) is 13.3. The molecule has 11 heteroatoms. The van der Waals surface area contributed by atoms with E-state index in [-0.39, 0.29) is 24.2 Å². The molecule has 1 aliphatic carbocycles. The zero-order valence-electron chi connectivity index (χ0n) is 22.7. The fourth-order valence-electron chi connectivity index (χ4n) is 5.02. The quantitative estimate of drug-likeness (QED) is 0.450. The van der Waals surface area contributed by atoms with Gasteiger partial charge < -0.3 is 24.4 Å². The molecule has 1 aliphatic heterocycles. The van der Waals surface area contributed by atoms with Crippen LogP contribution in [0.25, 0.3) is 0 Å². The van der Waals surface area contributed by atoms with Crippen molar-refractivity contribution in [2.75, 3.05) is 37.4 Å². The molecule has 2 amide bonds. The number of hydrogen-bond acceptors (Lipinski definition) is 7. The summed E-state index contributed by atoms with van der Waals surface area (Å²) in [5, 5.41) is 3.10. The first-order chi connectivity index (χ1) is 18.7. The second-order valence-electron chi connectivity index (χ2n) is 9.88. The number of benzene rings is 2. The number of nitrogens with zero attached hydrogens (tertiary/aromatic N) is 2. The first-order valence-corrected chi connectivity index (χ1v) is 15.1. The number of nitrogens with one attached hydrogen (secondary N) is 1. The second-order valence-corrected chi connectivity index (χ2v) is 11.8. The molecule has 10 nitrogen and oxygen atoms in total. The highest BCUT2D eigenvalue weighted by molar-refractivity contribution is 7.92. The van der Waals surface area contributed by atoms with Crippen molar-refractivity contribution in [2.24, 2.45) is 0 Å². The number of hydrogen-bond donors (Lipinski definition) is 1. The molecule has 1 saturated carbocycles. The van der Waals surface area contributed by atoms with E-state index >= 15 is 0 Å². The smallest absolute Gasteiger partial charge is 0.244 e. The monoisotopic (exact) mass is 559 g/mol. The van der Waals surface area contributed by atoms with E-state index in [0.717, 1.165) is 41.8 Å². The van der Waals surface area contributed by atoms with Crippen molar-refractivity contribution in [2.45, 2.75) is 57.7 Å². The summed E-state index contributed by atoms with van der Waals surface area (Å²) in [4.78, 5) is 28.8. The lowest BCUT2D eigenvalue weighted by molar-refractivity contribution is -0.140. The lowest BCUT2D eigenvalue weighted by Gasteiger charge is -2.33. The van der Waals surface area contributed by atoms with Crippen LogP contribution in [0.3, 0.4) is 0 Å². The fraction of sp³-hybridized carbons (Fsp3) is 0.500. The Bertz CT molecular complexity index is 1260. The number of sulfonamides is 1. The van der Waals surface area contributed by atoms with Gasteiger partial charge in [0, 0.05) is 18.7 Å². The molecule has 0 aromatic heterocycles. The van der Waals surface area contributed by atoms with Crippen molar-refractivity contribution >= 4 is 27.5 Å². The Morgan fingerprint density at radius 3 is 2.33 bits per heavy atom. The molecule has 39 heavy (non-hydrogen) atoms. The molecule has 0 spiro atoms. The van der Waals surface area contributed by atoms with Crippen LogP contribution >= 0.6 is 0 Å². The summed E-state index contributed by atoms with van der Waals surface area (Å²) in [5.41, 5.74) is 1.07. The zero-order valence-corrected chi connectivity index (χ0v) is 23.5. The average molecular weight is 560 g/mol. The highest BCUT2D eigenvalue weighted by Gasteiger charge is 2.33. The maximum atomic E-state index is 13.9. The van der Waals surface area contributed by atoms with Gasteiger partial charge in [-0.05, 0) is 49.1 Å². The van der Waals surface area contributed by atoms with Gasteiger partial charge in [0.1, 0.15) is 31.5 Å². The topological polar surface area (TPSA) is 114 Å². The molecule has 1 fully saturated rings. The van der Waals surface area contributed by atoms with Gasteiger partial charge in [0.05, 0.1) is 19.1 Å². The fourth-order valence-corrected chi connectivity index (χ4v) is 5.86. The van der Waals surface area contributed by atoms with Crippen LogP contribution in [0, 0.1) is 0 Å². The summed E-state index contributed by atoms with van der Waals surface area (Å²) in [6.45, 7) is 2.27. The lowest BCUT2D eigenvalue weighted by Crippen LogP contribution is -2.53. The molecular formula is C28H37N3O7S. The van der Waals surface area contributed by atoms with Crippen molar-refractivity contribution in [3.8, 4) is 17.2 Å². The third kappa shape index (κ3) is 7.14. The molecule has 0 radical (unpaired) electrons. The summed E-state index contributed by atoms with van der Waals surface area (Å²) in [6.07, 6.45) is 5.39. The lowest BCUT2D eigenvalue weighted by atomic mass is 10.1. The van der Waals surface area contributed by atoms with E-state index < -0.39 is 28.5 Å². The number of carbonyl (C=O) groups is 2. The predicted octanol–water partition coefficient (Wildman–Crippen LogP) is 3.10. The van der Waals surface area contributed by atoms with E-state index in [0.29, 0.717) is 36.9 Å². The second kappa shape index (κ2) is 12.6. The minimum Gasteiger partial charge on any atom is -0.497 e. The minimum atomic E-state index is -3.85. The van der Waals surface area contributed by atoms with Gasteiger partial charge in [-0.1, -0.05) is 31.9 Å². The molecule has 1 N–H and O–H groups in total. The van der Waals surface area contributed by atoms with Crippen LogP contribution in [-0.2, 0) is 26.2 Å². The normalized spacial score (nSPS) is 15.9. The highest BCUT2D eigenvalue weighted by Crippen LogP contribution is 2.35. The summed E-state index contributed by atoms with van der Waals surface area (Å²) in [7, 11) is -2.28. The van der Waals surface area contributed by atoms with Gasteiger partial charge in [-0.25, -0.2) is 8.42 Å². The van der Waals surface area contributed by atoms with Crippen molar-refractivity contribution in [3.05, 3.63) is 48.0 Å². The van der Waals surface area contributed by atoms with E-state index in [9.17, 15) is 18.0 Å². The molecule has 1 heterocycles. The van der Waals surface area contributed by atoms with Gasteiger partial charge in [0.15, 0.2) is 11.5 Å². The Balaban J connectivity index is 1.62. The maximum absolute atomic E-state index is 13.9. The van der Waals surface area contributed by atoms with Gasteiger partial charge in [-0.2, -0.15) is 0 Å². The molecule has 2 aromatic carbocycles. The van der Waals surface area contributed by atoms with Crippen LogP contribution in [0.2, 0.25) is 0 Å². The molecule has 2 aromatic rings. The molecule has 0 bridgehead atoms. The van der Waals surface area contributed by atoms with Crippen LogP contribution in [0.4, 0.5) is 5.69 Å². The molecule has 1 atom stereocenters. The Labute approximate surface area is 230 Å². The van der Waals surface area contributed by atoms with E-state index in [1.54, 1.807) is 37.4 Å².